The molecule has 3 unspecified atom stereocenters. The molecular weight excluding hydrogens is 228 g/mol. The first-order chi connectivity index (χ1) is 8.09. The monoisotopic (exact) mass is 252 g/mol. The van der Waals surface area contributed by atoms with E-state index in [4.69, 9.17) is 0 Å². The Bertz CT molecular complexity index is 334. The molecule has 1 aromatic heterocycles. The van der Waals surface area contributed by atoms with Crippen LogP contribution in [-0.4, -0.2) is 30.1 Å². The van der Waals surface area contributed by atoms with E-state index in [1.54, 1.807) is 0 Å². The summed E-state index contributed by atoms with van der Waals surface area (Å²) in [6.07, 6.45) is 0. The molecule has 0 aromatic carbocycles. The fourth-order valence-corrected chi connectivity index (χ4v) is 3.52. The van der Waals surface area contributed by atoms with E-state index in [1.165, 1.54) is 4.88 Å². The minimum absolute atomic E-state index is 0.548. The van der Waals surface area contributed by atoms with Crippen molar-refractivity contribution < 1.29 is 0 Å². The van der Waals surface area contributed by atoms with Gasteiger partial charge in [-0.1, -0.05) is 19.9 Å². The van der Waals surface area contributed by atoms with Crippen molar-refractivity contribution in [2.75, 3.05) is 13.1 Å². The Labute approximate surface area is 109 Å². The van der Waals surface area contributed by atoms with E-state index in [0.29, 0.717) is 24.0 Å². The molecule has 0 aliphatic carbocycles. The lowest BCUT2D eigenvalue weighted by atomic mass is 9.96. The van der Waals surface area contributed by atoms with Gasteiger partial charge in [0.2, 0.25) is 0 Å². The van der Waals surface area contributed by atoms with Gasteiger partial charge in [0.25, 0.3) is 0 Å². The van der Waals surface area contributed by atoms with Crippen LogP contribution in [0.5, 0.6) is 0 Å². The molecule has 1 aliphatic heterocycles. The van der Waals surface area contributed by atoms with Crippen LogP contribution in [0.4, 0.5) is 0 Å². The van der Waals surface area contributed by atoms with Crippen molar-refractivity contribution in [3.8, 4) is 0 Å². The van der Waals surface area contributed by atoms with Crippen molar-refractivity contribution in [2.24, 2.45) is 5.92 Å². The first-order valence-corrected chi connectivity index (χ1v) is 7.50. The number of piperazine rings is 1. The largest absolute Gasteiger partial charge is 0.311 e. The van der Waals surface area contributed by atoms with E-state index < -0.39 is 0 Å². The van der Waals surface area contributed by atoms with Gasteiger partial charge in [-0.2, -0.15) is 0 Å². The van der Waals surface area contributed by atoms with Crippen molar-refractivity contribution in [1.82, 2.24) is 10.2 Å². The fraction of sp³-hybridized carbons (Fsp3) is 0.714. The molecule has 2 nitrogen and oxygen atoms in total. The Kier molecular flexibility index (Phi) is 4.23. The Balaban J connectivity index is 2.14. The SMILES string of the molecule is CC1CN(C(C)c2cccs2)C(C(C)C)CN1. The molecule has 1 N–H and O–H groups in total. The zero-order valence-corrected chi connectivity index (χ0v) is 12.1. The minimum atomic E-state index is 0.548. The number of nitrogens with zero attached hydrogens (tertiary/aromatic N) is 1. The van der Waals surface area contributed by atoms with Crippen molar-refractivity contribution in [3.63, 3.8) is 0 Å². The van der Waals surface area contributed by atoms with Crippen molar-refractivity contribution in [1.29, 1.82) is 0 Å². The van der Waals surface area contributed by atoms with Gasteiger partial charge in [0.15, 0.2) is 0 Å². The summed E-state index contributed by atoms with van der Waals surface area (Å²) in [6.45, 7) is 11.6. The van der Waals surface area contributed by atoms with Gasteiger partial charge in [0.1, 0.15) is 0 Å². The molecule has 1 saturated heterocycles. The first kappa shape index (κ1) is 13.1. The van der Waals surface area contributed by atoms with E-state index in [1.807, 2.05) is 11.3 Å². The molecule has 0 saturated carbocycles. The maximum atomic E-state index is 3.61. The predicted molar refractivity (Wildman–Crippen MR) is 75.5 cm³/mol. The van der Waals surface area contributed by atoms with Crippen LogP contribution in [-0.2, 0) is 0 Å². The lowest BCUT2D eigenvalue weighted by Crippen LogP contribution is -2.57. The maximum absolute atomic E-state index is 3.61. The second-order valence-electron chi connectivity index (χ2n) is 5.51. The highest BCUT2D eigenvalue weighted by Crippen LogP contribution is 2.29. The Hall–Kier alpha value is -0.380. The van der Waals surface area contributed by atoms with Crippen molar-refractivity contribution in [3.05, 3.63) is 22.4 Å². The molecule has 0 bridgehead atoms. The Morgan fingerprint density at radius 2 is 2.18 bits per heavy atom. The molecule has 17 heavy (non-hydrogen) atoms. The second-order valence-corrected chi connectivity index (χ2v) is 6.49. The van der Waals surface area contributed by atoms with Crippen LogP contribution in [0.1, 0.15) is 38.6 Å². The van der Waals surface area contributed by atoms with E-state index in [9.17, 15) is 0 Å². The van der Waals surface area contributed by atoms with Gasteiger partial charge in [0.05, 0.1) is 0 Å². The highest BCUT2D eigenvalue weighted by molar-refractivity contribution is 7.10. The standard InChI is InChI=1S/C14H24N2S/c1-10(2)13-8-15-11(3)9-16(13)12(4)14-6-5-7-17-14/h5-7,10-13,15H,8-9H2,1-4H3. The lowest BCUT2D eigenvalue weighted by molar-refractivity contribution is 0.0671. The summed E-state index contributed by atoms with van der Waals surface area (Å²) in [6, 6.07) is 6.23. The summed E-state index contributed by atoms with van der Waals surface area (Å²) >= 11 is 1.88. The van der Waals surface area contributed by atoms with E-state index in [0.717, 1.165) is 13.1 Å². The molecule has 1 aliphatic rings. The topological polar surface area (TPSA) is 15.3 Å². The average Bonchev–Trinajstić information content (AvgIpc) is 2.80. The molecule has 3 atom stereocenters. The van der Waals surface area contributed by atoms with Gasteiger partial charge in [-0.05, 0) is 31.2 Å². The Morgan fingerprint density at radius 1 is 1.41 bits per heavy atom. The molecule has 2 heterocycles. The number of thiophene rings is 1. The predicted octanol–water partition coefficient (Wildman–Crippen LogP) is 3.13. The van der Waals surface area contributed by atoms with Crippen LogP contribution in [0.2, 0.25) is 0 Å². The van der Waals surface area contributed by atoms with Crippen molar-refractivity contribution in [2.45, 2.75) is 45.8 Å². The smallest absolute Gasteiger partial charge is 0.0417 e. The second kappa shape index (κ2) is 5.51. The van der Waals surface area contributed by atoms with Crippen molar-refractivity contribution >= 4 is 11.3 Å². The quantitative estimate of drug-likeness (QED) is 0.889. The molecule has 96 valence electrons. The van der Waals surface area contributed by atoms with Gasteiger partial charge >= 0.3 is 0 Å². The van der Waals surface area contributed by atoms with Gasteiger partial charge in [-0.3, -0.25) is 4.90 Å². The highest BCUT2D eigenvalue weighted by Gasteiger charge is 2.31. The zero-order valence-electron chi connectivity index (χ0n) is 11.3. The lowest BCUT2D eigenvalue weighted by Gasteiger charge is -2.44. The molecule has 2 rings (SSSR count). The number of rotatable bonds is 3. The maximum Gasteiger partial charge on any atom is 0.0417 e. The summed E-state index contributed by atoms with van der Waals surface area (Å²) in [5, 5.41) is 5.79. The average molecular weight is 252 g/mol. The molecule has 1 fully saturated rings. The highest BCUT2D eigenvalue weighted by atomic mass is 32.1. The summed E-state index contributed by atoms with van der Waals surface area (Å²) in [4.78, 5) is 4.17. The third-order valence-electron chi connectivity index (χ3n) is 3.81. The van der Waals surface area contributed by atoms with Gasteiger partial charge in [-0.25, -0.2) is 0 Å². The molecule has 1 aromatic rings. The molecule has 0 amide bonds. The normalized spacial score (nSPS) is 28.5. The molecular formula is C14H24N2S. The summed E-state index contributed by atoms with van der Waals surface area (Å²) in [5.74, 6) is 0.706. The number of hydrogen-bond donors (Lipinski definition) is 1. The van der Waals surface area contributed by atoms with Gasteiger partial charge in [0, 0.05) is 36.1 Å². The molecule has 0 spiro atoms. The van der Waals surface area contributed by atoms with Crippen LogP contribution >= 0.6 is 11.3 Å². The fourth-order valence-electron chi connectivity index (χ4n) is 2.71. The summed E-state index contributed by atoms with van der Waals surface area (Å²) in [7, 11) is 0. The van der Waals surface area contributed by atoms with E-state index >= 15 is 0 Å². The number of nitrogens with one attached hydrogen (secondary N) is 1. The van der Waals surface area contributed by atoms with E-state index in [-0.39, 0.29) is 0 Å². The van der Waals surface area contributed by atoms with Crippen LogP contribution in [0.15, 0.2) is 17.5 Å². The number of hydrogen-bond acceptors (Lipinski definition) is 3. The molecule has 0 radical (unpaired) electrons. The Morgan fingerprint density at radius 3 is 2.76 bits per heavy atom. The third kappa shape index (κ3) is 2.90. The van der Waals surface area contributed by atoms with Crippen LogP contribution in [0, 0.1) is 5.92 Å². The van der Waals surface area contributed by atoms with Crippen LogP contribution in [0.25, 0.3) is 0 Å². The van der Waals surface area contributed by atoms with Crippen LogP contribution < -0.4 is 5.32 Å². The van der Waals surface area contributed by atoms with E-state index in [2.05, 4.69) is 55.4 Å². The summed E-state index contributed by atoms with van der Waals surface area (Å²) in [5.41, 5.74) is 0. The van der Waals surface area contributed by atoms with Gasteiger partial charge in [-0.15, -0.1) is 11.3 Å². The summed E-state index contributed by atoms with van der Waals surface area (Å²) < 4.78 is 0. The zero-order chi connectivity index (χ0) is 12.4. The first-order valence-electron chi connectivity index (χ1n) is 6.62. The van der Waals surface area contributed by atoms with Crippen LogP contribution in [0.3, 0.4) is 0 Å². The van der Waals surface area contributed by atoms with Gasteiger partial charge < -0.3 is 5.32 Å². The minimum Gasteiger partial charge on any atom is -0.311 e. The molecule has 3 heteroatoms. The third-order valence-corrected chi connectivity index (χ3v) is 4.85.